The molecule has 1 aliphatic heterocycles. The van der Waals surface area contributed by atoms with Gasteiger partial charge in [0.2, 0.25) is 0 Å². The highest BCUT2D eigenvalue weighted by atomic mass is 32.1. The maximum atomic E-state index is 12.9. The molecule has 1 aromatic heterocycles. The van der Waals surface area contributed by atoms with Crippen LogP contribution in [0.5, 0.6) is 0 Å². The third-order valence-electron chi connectivity index (χ3n) is 5.52. The predicted molar refractivity (Wildman–Crippen MR) is 121 cm³/mol. The van der Waals surface area contributed by atoms with Gasteiger partial charge in [0.25, 0.3) is 5.91 Å². The first-order valence-corrected chi connectivity index (χ1v) is 11.7. The molecule has 2 amide bonds. The van der Waals surface area contributed by atoms with Crippen molar-refractivity contribution in [2.24, 2.45) is 5.92 Å². The van der Waals surface area contributed by atoms with E-state index in [0.717, 1.165) is 36.1 Å². The number of benzene rings is 1. The third kappa shape index (κ3) is 6.08. The molecule has 3 rings (SSSR count). The molecule has 0 radical (unpaired) electrons. The number of carbonyl (C=O) groups is 2. The van der Waals surface area contributed by atoms with E-state index in [1.54, 1.807) is 16.2 Å². The Kier molecular flexibility index (Phi) is 7.91. The Morgan fingerprint density at radius 3 is 2.43 bits per heavy atom. The fourth-order valence-electron chi connectivity index (χ4n) is 3.84. The number of aryl methyl sites for hydroxylation is 1. The lowest BCUT2D eigenvalue weighted by Gasteiger charge is -2.33. The van der Waals surface area contributed by atoms with Crippen LogP contribution in [0.4, 0.5) is 4.79 Å². The monoisotopic (exact) mass is 428 g/mol. The van der Waals surface area contributed by atoms with Crippen molar-refractivity contribution >= 4 is 23.3 Å². The SMILES string of the molecule is CCc1ccc(C(=O)N[C@@H](CC2CCN(C(=O)OC(C)C)CC2)c2ccccc2)s1. The molecule has 0 unspecified atom stereocenters. The molecule has 2 aromatic rings. The lowest BCUT2D eigenvalue weighted by Crippen LogP contribution is -2.40. The fraction of sp³-hybridized carbons (Fsp3) is 0.500. The summed E-state index contributed by atoms with van der Waals surface area (Å²) in [5.74, 6) is 0.444. The molecule has 6 heteroatoms. The minimum atomic E-state index is -0.221. The van der Waals surface area contributed by atoms with E-state index < -0.39 is 0 Å². The average molecular weight is 429 g/mol. The molecule has 1 fully saturated rings. The second kappa shape index (κ2) is 10.6. The quantitative estimate of drug-likeness (QED) is 0.640. The van der Waals surface area contributed by atoms with Gasteiger partial charge in [-0.3, -0.25) is 4.79 Å². The molecule has 1 atom stereocenters. The van der Waals surface area contributed by atoms with Crippen LogP contribution < -0.4 is 5.32 Å². The van der Waals surface area contributed by atoms with Crippen molar-refractivity contribution in [2.45, 2.75) is 58.6 Å². The lowest BCUT2D eigenvalue weighted by molar-refractivity contribution is 0.0639. The van der Waals surface area contributed by atoms with Gasteiger partial charge in [-0.15, -0.1) is 11.3 Å². The summed E-state index contributed by atoms with van der Waals surface area (Å²) >= 11 is 1.56. The highest BCUT2D eigenvalue weighted by Crippen LogP contribution is 2.29. The van der Waals surface area contributed by atoms with Gasteiger partial charge in [-0.1, -0.05) is 37.3 Å². The minimum Gasteiger partial charge on any atom is -0.447 e. The second-order valence-corrected chi connectivity index (χ2v) is 9.32. The Morgan fingerprint density at radius 2 is 1.83 bits per heavy atom. The molecule has 1 aromatic carbocycles. The van der Waals surface area contributed by atoms with E-state index in [0.29, 0.717) is 19.0 Å². The van der Waals surface area contributed by atoms with Crippen LogP contribution in [0.3, 0.4) is 0 Å². The molecule has 0 saturated carbocycles. The first kappa shape index (κ1) is 22.3. The van der Waals surface area contributed by atoms with Gasteiger partial charge < -0.3 is 15.0 Å². The molecule has 1 N–H and O–H groups in total. The van der Waals surface area contributed by atoms with Crippen LogP contribution in [0, 0.1) is 5.92 Å². The van der Waals surface area contributed by atoms with Crippen molar-refractivity contribution in [3.8, 4) is 0 Å². The summed E-state index contributed by atoms with van der Waals surface area (Å²) in [6, 6.07) is 14.1. The van der Waals surface area contributed by atoms with E-state index >= 15 is 0 Å². The Hall–Kier alpha value is -2.34. The number of carbonyl (C=O) groups excluding carboxylic acids is 2. The van der Waals surface area contributed by atoms with Crippen LogP contribution in [0.15, 0.2) is 42.5 Å². The van der Waals surface area contributed by atoms with E-state index in [1.165, 1.54) is 4.88 Å². The van der Waals surface area contributed by atoms with Crippen LogP contribution in [0.25, 0.3) is 0 Å². The van der Waals surface area contributed by atoms with Gasteiger partial charge in [0.05, 0.1) is 17.0 Å². The number of likely N-dealkylation sites (tertiary alicyclic amines) is 1. The van der Waals surface area contributed by atoms with Crippen LogP contribution >= 0.6 is 11.3 Å². The number of hydrogen-bond acceptors (Lipinski definition) is 4. The van der Waals surface area contributed by atoms with E-state index in [2.05, 4.69) is 24.4 Å². The summed E-state index contributed by atoms with van der Waals surface area (Å²) in [6.07, 6.45) is 3.34. The van der Waals surface area contributed by atoms with Crippen molar-refractivity contribution in [2.75, 3.05) is 13.1 Å². The van der Waals surface area contributed by atoms with Crippen LogP contribution in [0.2, 0.25) is 0 Å². The Balaban J connectivity index is 1.63. The van der Waals surface area contributed by atoms with Crippen molar-refractivity contribution in [1.82, 2.24) is 10.2 Å². The van der Waals surface area contributed by atoms with Crippen molar-refractivity contribution < 1.29 is 14.3 Å². The van der Waals surface area contributed by atoms with Gasteiger partial charge in [-0.25, -0.2) is 4.79 Å². The first-order chi connectivity index (χ1) is 14.5. The normalized spacial score (nSPS) is 15.8. The number of nitrogens with zero attached hydrogens (tertiary/aromatic N) is 1. The molecule has 1 saturated heterocycles. The average Bonchev–Trinajstić information content (AvgIpc) is 3.23. The first-order valence-electron chi connectivity index (χ1n) is 10.9. The summed E-state index contributed by atoms with van der Waals surface area (Å²) in [5.41, 5.74) is 1.12. The van der Waals surface area contributed by atoms with Crippen LogP contribution in [-0.2, 0) is 11.2 Å². The maximum absolute atomic E-state index is 12.9. The number of nitrogens with one attached hydrogen (secondary N) is 1. The van der Waals surface area contributed by atoms with Gasteiger partial charge >= 0.3 is 6.09 Å². The van der Waals surface area contributed by atoms with Crippen molar-refractivity contribution in [1.29, 1.82) is 0 Å². The van der Waals surface area contributed by atoms with Crippen LogP contribution in [0.1, 0.15) is 66.2 Å². The number of rotatable bonds is 7. The van der Waals surface area contributed by atoms with Gasteiger partial charge in [-0.2, -0.15) is 0 Å². The molecule has 2 heterocycles. The molecule has 1 aliphatic rings. The zero-order chi connectivity index (χ0) is 21.5. The topological polar surface area (TPSA) is 58.6 Å². The highest BCUT2D eigenvalue weighted by molar-refractivity contribution is 7.14. The summed E-state index contributed by atoms with van der Waals surface area (Å²) in [6.45, 7) is 7.25. The molecule has 0 spiro atoms. The van der Waals surface area contributed by atoms with E-state index in [1.807, 2.05) is 44.2 Å². The van der Waals surface area contributed by atoms with E-state index in [4.69, 9.17) is 4.74 Å². The number of hydrogen-bond donors (Lipinski definition) is 1. The number of amides is 2. The standard InChI is InChI=1S/C24H32N2O3S/c1-4-20-10-11-22(30-20)23(27)25-21(19-8-6-5-7-9-19)16-18-12-14-26(15-13-18)24(28)29-17(2)3/h5-11,17-18,21H,4,12-16H2,1-3H3,(H,25,27)/t21-/m0/s1. The zero-order valence-corrected chi connectivity index (χ0v) is 18.9. The molecule has 5 nitrogen and oxygen atoms in total. The Morgan fingerprint density at radius 1 is 1.13 bits per heavy atom. The third-order valence-corrected chi connectivity index (χ3v) is 6.75. The molecule has 162 valence electrons. The number of thiophene rings is 1. The molecule has 0 aliphatic carbocycles. The van der Waals surface area contributed by atoms with Crippen LogP contribution in [-0.4, -0.2) is 36.1 Å². The zero-order valence-electron chi connectivity index (χ0n) is 18.1. The molecular weight excluding hydrogens is 396 g/mol. The minimum absolute atomic E-state index is 0.00787. The second-order valence-electron chi connectivity index (χ2n) is 8.15. The van der Waals surface area contributed by atoms with Gasteiger partial charge in [0, 0.05) is 18.0 Å². The summed E-state index contributed by atoms with van der Waals surface area (Å²) in [7, 11) is 0. The summed E-state index contributed by atoms with van der Waals surface area (Å²) in [5, 5.41) is 3.26. The predicted octanol–water partition coefficient (Wildman–Crippen LogP) is 5.43. The number of ether oxygens (including phenoxy) is 1. The van der Waals surface area contributed by atoms with Gasteiger partial charge in [-0.05, 0) is 63.1 Å². The lowest BCUT2D eigenvalue weighted by atomic mass is 9.87. The van der Waals surface area contributed by atoms with Gasteiger partial charge in [0.1, 0.15) is 0 Å². The Labute approximate surface area is 183 Å². The summed E-state index contributed by atoms with van der Waals surface area (Å²) in [4.78, 5) is 28.8. The van der Waals surface area contributed by atoms with Crippen molar-refractivity contribution in [3.63, 3.8) is 0 Å². The largest absolute Gasteiger partial charge is 0.447 e. The van der Waals surface area contributed by atoms with E-state index in [9.17, 15) is 9.59 Å². The van der Waals surface area contributed by atoms with E-state index in [-0.39, 0.29) is 24.1 Å². The fourth-order valence-corrected chi connectivity index (χ4v) is 4.69. The van der Waals surface area contributed by atoms with Gasteiger partial charge in [0.15, 0.2) is 0 Å². The Bertz CT molecular complexity index is 826. The summed E-state index contributed by atoms with van der Waals surface area (Å²) < 4.78 is 5.32. The molecule has 30 heavy (non-hydrogen) atoms. The number of piperidine rings is 1. The maximum Gasteiger partial charge on any atom is 0.410 e. The van der Waals surface area contributed by atoms with Crippen molar-refractivity contribution in [3.05, 3.63) is 57.8 Å². The smallest absolute Gasteiger partial charge is 0.410 e. The molecule has 0 bridgehead atoms. The highest BCUT2D eigenvalue weighted by Gasteiger charge is 2.27. The molecular formula is C24H32N2O3S.